The highest BCUT2D eigenvalue weighted by atomic mass is 31.1. The molecule has 216 valence electrons. The van der Waals surface area contributed by atoms with Gasteiger partial charge in [0.25, 0.3) is 0 Å². The van der Waals surface area contributed by atoms with Gasteiger partial charge in [0, 0.05) is 22.3 Å². The van der Waals surface area contributed by atoms with Crippen LogP contribution in [0.2, 0.25) is 0 Å². The molecule has 4 unspecified atom stereocenters. The van der Waals surface area contributed by atoms with Crippen molar-refractivity contribution in [1.29, 1.82) is 0 Å². The Bertz CT molecular complexity index is 2050. The van der Waals surface area contributed by atoms with Gasteiger partial charge >= 0.3 is 0 Å². The molecule has 0 nitrogen and oxygen atoms in total. The van der Waals surface area contributed by atoms with E-state index in [0.29, 0.717) is 0 Å². The first-order valence-electron chi connectivity index (χ1n) is 14.7. The van der Waals surface area contributed by atoms with Crippen molar-refractivity contribution in [2.24, 2.45) is 0 Å². The van der Waals surface area contributed by atoms with Crippen LogP contribution in [0.25, 0.3) is 33.4 Å². The highest BCUT2D eigenvalue weighted by molar-refractivity contribution is 7.61. The summed E-state index contributed by atoms with van der Waals surface area (Å²) in [6.45, 7) is 8.32. The first-order valence-corrected chi connectivity index (χ1v) is 22.5. The second-order valence-electron chi connectivity index (χ2n) is 11.5. The van der Waals surface area contributed by atoms with E-state index in [4.69, 9.17) is 0 Å². The predicted molar refractivity (Wildman–Crippen MR) is 216 cm³/mol. The molecular formula is C42H32P4+4. The van der Waals surface area contributed by atoms with Crippen molar-refractivity contribution in [2.75, 3.05) is 26.7 Å². The first-order chi connectivity index (χ1) is 22.1. The zero-order valence-corrected chi connectivity index (χ0v) is 30.1. The molecule has 0 saturated carbocycles. The fourth-order valence-electron chi connectivity index (χ4n) is 5.72. The van der Waals surface area contributed by atoms with Crippen LogP contribution in [0.3, 0.4) is 0 Å². The Labute approximate surface area is 277 Å². The van der Waals surface area contributed by atoms with Crippen LogP contribution < -0.4 is 0 Å². The van der Waals surface area contributed by atoms with Crippen molar-refractivity contribution in [1.82, 2.24) is 0 Å². The van der Waals surface area contributed by atoms with Crippen LogP contribution in [0.5, 0.6) is 0 Å². The fourth-order valence-corrected chi connectivity index (χ4v) is 7.00. The zero-order chi connectivity index (χ0) is 32.5. The zero-order valence-electron chi connectivity index (χ0n) is 26.5. The Morgan fingerprint density at radius 3 is 0.761 bits per heavy atom. The number of hydrogen-bond donors (Lipinski definition) is 0. The molecule has 0 spiro atoms. The van der Waals surface area contributed by atoms with Gasteiger partial charge in [0.05, 0.1) is 25.2 Å². The molecule has 46 heavy (non-hydrogen) atoms. The fraction of sp³-hybridized carbons (Fsp3) is 0.0952. The van der Waals surface area contributed by atoms with Gasteiger partial charge in [-0.2, -0.15) is 0 Å². The van der Waals surface area contributed by atoms with Crippen molar-refractivity contribution in [3.05, 3.63) is 117 Å². The third kappa shape index (κ3) is 6.43. The summed E-state index contributed by atoms with van der Waals surface area (Å²) in [7, 11) is -2.31. The molecule has 0 N–H and O–H groups in total. The minimum atomic E-state index is -0.578. The predicted octanol–water partition coefficient (Wildman–Crippen LogP) is 10.1. The van der Waals surface area contributed by atoms with Crippen LogP contribution in [-0.2, 0) is 0 Å². The summed E-state index contributed by atoms with van der Waals surface area (Å²) in [6, 6.07) is 26.4. The monoisotopic (exact) mass is 660 g/mol. The van der Waals surface area contributed by atoms with Crippen molar-refractivity contribution in [3.63, 3.8) is 0 Å². The second-order valence-corrected chi connectivity index (χ2v) is 18.0. The second kappa shape index (κ2) is 13.1. The van der Waals surface area contributed by atoms with E-state index in [1.807, 2.05) is 0 Å². The number of fused-ring (bicyclic) bond motifs is 6. The Kier molecular flexibility index (Phi) is 8.98. The molecular weight excluding hydrogens is 628 g/mol. The lowest BCUT2D eigenvalue weighted by molar-refractivity contribution is 1.58. The molecule has 0 fully saturated rings. The topological polar surface area (TPSA) is 0 Å². The minimum absolute atomic E-state index is 0.578. The van der Waals surface area contributed by atoms with E-state index in [1.165, 1.54) is 55.7 Å². The summed E-state index contributed by atoms with van der Waals surface area (Å²) < 4.78 is 0. The highest BCUT2D eigenvalue weighted by Crippen LogP contribution is 2.54. The normalized spacial score (nSPS) is 12.6. The van der Waals surface area contributed by atoms with Crippen LogP contribution in [0.15, 0.2) is 72.8 Å². The van der Waals surface area contributed by atoms with E-state index in [9.17, 15) is 0 Å². The van der Waals surface area contributed by atoms with E-state index in [1.54, 1.807) is 0 Å². The molecule has 2 aliphatic carbocycles. The van der Waals surface area contributed by atoms with Crippen molar-refractivity contribution >= 4 is 66.5 Å². The van der Waals surface area contributed by atoms with Crippen LogP contribution in [-0.4, -0.2) is 51.9 Å². The van der Waals surface area contributed by atoms with Gasteiger partial charge in [-0.25, -0.2) is 0 Å². The molecule has 6 rings (SSSR count). The van der Waals surface area contributed by atoms with Crippen molar-refractivity contribution in [3.8, 4) is 68.6 Å². The Morgan fingerprint density at radius 1 is 0.348 bits per heavy atom. The summed E-state index contributed by atoms with van der Waals surface area (Å²) in [6.07, 6.45) is 16.5. The van der Waals surface area contributed by atoms with Crippen LogP contribution in [0, 0.1) is 46.3 Å². The van der Waals surface area contributed by atoms with E-state index in [2.05, 4.69) is 171 Å². The van der Waals surface area contributed by atoms with Gasteiger partial charge in [0.2, 0.25) is 0 Å². The summed E-state index contributed by atoms with van der Waals surface area (Å²) in [5.74, 6) is 13.6. The van der Waals surface area contributed by atoms with Gasteiger partial charge in [-0.15, -0.1) is 0 Å². The van der Waals surface area contributed by atoms with Gasteiger partial charge in [0.1, 0.15) is 49.3 Å². The maximum absolute atomic E-state index is 4.13. The number of rotatable bonds is 0. The van der Waals surface area contributed by atoms with Crippen LogP contribution >= 0.6 is 30.2 Å². The summed E-state index contributed by atoms with van der Waals surface area (Å²) in [4.78, 5) is 0. The summed E-state index contributed by atoms with van der Waals surface area (Å²) in [5, 5.41) is 0. The van der Waals surface area contributed by atoms with Gasteiger partial charge in [-0.3, -0.25) is 0 Å². The molecule has 0 radical (unpaired) electrons. The Balaban J connectivity index is 1.73. The molecule has 4 atom stereocenters. The molecule has 2 aliphatic rings. The molecule has 0 saturated heterocycles. The molecule has 4 aromatic rings. The smallest absolute Gasteiger partial charge is 0.0525 e. The standard InChI is InChI=1S/C42H32P4/c1-43(2)21-17-29-9-13-33-34-14-10-30(18-22-44(3)4)26-38(34)41(37(33)25-29)42-39-27-31(19-23-45(5)6)11-15-35(39)36-16-12-32(28-40(36)42)20-24-46(7)8/h9-16,25-28H,1,3,5,7H2,2,4,6,8H3/q+4. The van der Waals surface area contributed by atoms with Crippen molar-refractivity contribution < 1.29 is 0 Å². The van der Waals surface area contributed by atoms with Crippen LogP contribution in [0.1, 0.15) is 44.5 Å². The first kappa shape index (κ1) is 31.5. The minimum Gasteiger partial charge on any atom is -0.0525 e. The van der Waals surface area contributed by atoms with Gasteiger partial charge in [0.15, 0.2) is 30.2 Å². The lowest BCUT2D eigenvalue weighted by atomic mass is 9.90. The molecule has 0 aliphatic heterocycles. The van der Waals surface area contributed by atoms with Gasteiger partial charge in [-0.1, -0.05) is 24.3 Å². The summed E-state index contributed by atoms with van der Waals surface area (Å²) in [5.41, 5.74) is 29.1. The average molecular weight is 661 g/mol. The molecule has 4 heteroatoms. The lowest BCUT2D eigenvalue weighted by Crippen LogP contribution is -1.93. The van der Waals surface area contributed by atoms with E-state index >= 15 is 0 Å². The third-order valence-corrected chi connectivity index (χ3v) is 9.52. The Morgan fingerprint density at radius 2 is 0.565 bits per heavy atom. The number of benzene rings is 4. The maximum Gasteiger partial charge on any atom is 0.173 e. The lowest BCUT2D eigenvalue weighted by Gasteiger charge is -2.12. The molecule has 4 aromatic carbocycles. The van der Waals surface area contributed by atoms with E-state index in [0.717, 1.165) is 22.3 Å². The quantitative estimate of drug-likeness (QED) is 0.112. The molecule has 0 heterocycles. The third-order valence-electron chi connectivity index (χ3n) is 7.55. The molecule has 0 bridgehead atoms. The van der Waals surface area contributed by atoms with Crippen molar-refractivity contribution in [2.45, 2.75) is 0 Å². The average Bonchev–Trinajstić information content (AvgIpc) is 3.50. The molecule has 0 aromatic heterocycles. The van der Waals surface area contributed by atoms with Crippen LogP contribution in [0.4, 0.5) is 0 Å². The largest absolute Gasteiger partial charge is 0.173 e. The van der Waals surface area contributed by atoms with Gasteiger partial charge < -0.3 is 0 Å². The molecule has 0 amide bonds. The van der Waals surface area contributed by atoms with Gasteiger partial charge in [-0.05, 0) is 128 Å². The maximum atomic E-state index is 4.13. The van der Waals surface area contributed by atoms with E-state index in [-0.39, 0.29) is 0 Å². The highest BCUT2D eigenvalue weighted by Gasteiger charge is 2.33. The Hall–Kier alpha value is -4.46. The van der Waals surface area contributed by atoms with E-state index < -0.39 is 30.2 Å². The number of hydrogen-bond acceptors (Lipinski definition) is 0. The summed E-state index contributed by atoms with van der Waals surface area (Å²) >= 11 is 0. The SMILES string of the molecule is C=[P+](C)C#Cc1ccc2c(c1)C(=C1c3cc(C#C[P+](=C)C)ccc3-c3ccc(C#C[P+](=C)C)cc31)c1cc(C#C[P+](=C)C)ccc1-2.